The standard InChI is InChI=1S/C9H17N3/c1-3-9-7-11(2)5-4-6-12(9)8-10/h9H,3-7H2,1-2H3. The van der Waals surface area contributed by atoms with E-state index in [1.807, 2.05) is 4.90 Å². The van der Waals surface area contributed by atoms with E-state index in [-0.39, 0.29) is 0 Å². The van der Waals surface area contributed by atoms with E-state index in [0.29, 0.717) is 6.04 Å². The van der Waals surface area contributed by atoms with Crippen LogP contribution in [-0.4, -0.2) is 42.5 Å². The van der Waals surface area contributed by atoms with Crippen LogP contribution in [0.15, 0.2) is 0 Å². The summed E-state index contributed by atoms with van der Waals surface area (Å²) in [5.74, 6) is 0. The Labute approximate surface area is 74.6 Å². The van der Waals surface area contributed by atoms with Crippen LogP contribution >= 0.6 is 0 Å². The van der Waals surface area contributed by atoms with Gasteiger partial charge in [0.15, 0.2) is 6.19 Å². The number of hydrogen-bond acceptors (Lipinski definition) is 3. The normalized spacial score (nSPS) is 26.4. The van der Waals surface area contributed by atoms with Crippen LogP contribution in [0.25, 0.3) is 0 Å². The molecule has 0 spiro atoms. The van der Waals surface area contributed by atoms with Gasteiger partial charge in [-0.25, -0.2) is 0 Å². The largest absolute Gasteiger partial charge is 0.306 e. The maximum atomic E-state index is 8.86. The Hall–Kier alpha value is -0.750. The van der Waals surface area contributed by atoms with Gasteiger partial charge in [-0.05, 0) is 26.4 Å². The molecule has 68 valence electrons. The lowest BCUT2D eigenvalue weighted by atomic mass is 10.2. The van der Waals surface area contributed by atoms with Crippen LogP contribution in [0.4, 0.5) is 0 Å². The molecule has 0 aromatic carbocycles. The van der Waals surface area contributed by atoms with Crippen molar-refractivity contribution in [3.8, 4) is 6.19 Å². The average Bonchev–Trinajstić information content (AvgIpc) is 2.26. The van der Waals surface area contributed by atoms with Crippen LogP contribution in [0.2, 0.25) is 0 Å². The average molecular weight is 167 g/mol. The first-order chi connectivity index (χ1) is 5.77. The zero-order chi connectivity index (χ0) is 8.97. The molecule has 1 aliphatic heterocycles. The molecule has 0 aliphatic carbocycles. The third-order valence-electron chi connectivity index (χ3n) is 2.50. The first-order valence-electron chi connectivity index (χ1n) is 4.62. The zero-order valence-corrected chi connectivity index (χ0v) is 7.95. The van der Waals surface area contributed by atoms with Crippen molar-refractivity contribution in [2.75, 3.05) is 26.7 Å². The second-order valence-electron chi connectivity index (χ2n) is 3.47. The molecular formula is C9H17N3. The van der Waals surface area contributed by atoms with E-state index in [4.69, 9.17) is 5.26 Å². The first-order valence-corrected chi connectivity index (χ1v) is 4.62. The molecule has 0 bridgehead atoms. The number of hydrogen-bond donors (Lipinski definition) is 0. The van der Waals surface area contributed by atoms with Gasteiger partial charge in [0.05, 0.1) is 6.04 Å². The Balaban J connectivity index is 2.57. The highest BCUT2D eigenvalue weighted by atomic mass is 15.2. The van der Waals surface area contributed by atoms with Crippen LogP contribution < -0.4 is 0 Å². The van der Waals surface area contributed by atoms with Crippen molar-refractivity contribution < 1.29 is 0 Å². The van der Waals surface area contributed by atoms with Crippen LogP contribution in [-0.2, 0) is 0 Å². The van der Waals surface area contributed by atoms with Crippen LogP contribution in [0.5, 0.6) is 0 Å². The lowest BCUT2D eigenvalue weighted by Gasteiger charge is -2.24. The predicted octanol–water partition coefficient (Wildman–Crippen LogP) is 0.884. The van der Waals surface area contributed by atoms with Crippen LogP contribution in [0.3, 0.4) is 0 Å². The lowest BCUT2D eigenvalue weighted by molar-refractivity contribution is 0.252. The van der Waals surface area contributed by atoms with Crippen molar-refractivity contribution in [1.82, 2.24) is 9.80 Å². The molecule has 1 saturated heterocycles. The molecule has 1 rings (SSSR count). The van der Waals surface area contributed by atoms with Gasteiger partial charge in [-0.2, -0.15) is 5.26 Å². The monoisotopic (exact) mass is 167 g/mol. The number of likely N-dealkylation sites (N-methyl/N-ethyl adjacent to an activating group) is 1. The topological polar surface area (TPSA) is 30.3 Å². The second kappa shape index (κ2) is 4.32. The molecule has 12 heavy (non-hydrogen) atoms. The fraction of sp³-hybridized carbons (Fsp3) is 0.889. The number of rotatable bonds is 1. The smallest absolute Gasteiger partial charge is 0.179 e. The van der Waals surface area contributed by atoms with Crippen molar-refractivity contribution in [2.45, 2.75) is 25.8 Å². The van der Waals surface area contributed by atoms with E-state index >= 15 is 0 Å². The number of nitrogens with zero attached hydrogens (tertiary/aromatic N) is 3. The Kier molecular flexibility index (Phi) is 3.36. The quantitative estimate of drug-likeness (QED) is 0.543. The summed E-state index contributed by atoms with van der Waals surface area (Å²) in [5.41, 5.74) is 0. The summed E-state index contributed by atoms with van der Waals surface area (Å²) in [5, 5.41) is 8.86. The number of nitriles is 1. The van der Waals surface area contributed by atoms with Gasteiger partial charge in [0.25, 0.3) is 0 Å². The summed E-state index contributed by atoms with van der Waals surface area (Å²) in [6.07, 6.45) is 4.45. The SMILES string of the molecule is CCC1CN(C)CCCN1C#N. The molecule has 0 saturated carbocycles. The molecule has 3 heteroatoms. The third-order valence-corrected chi connectivity index (χ3v) is 2.50. The van der Waals surface area contributed by atoms with E-state index < -0.39 is 0 Å². The minimum atomic E-state index is 0.433. The van der Waals surface area contributed by atoms with Crippen molar-refractivity contribution in [2.24, 2.45) is 0 Å². The van der Waals surface area contributed by atoms with Crippen molar-refractivity contribution in [1.29, 1.82) is 5.26 Å². The summed E-state index contributed by atoms with van der Waals surface area (Å²) in [6.45, 7) is 5.23. The Morgan fingerprint density at radius 1 is 1.50 bits per heavy atom. The van der Waals surface area contributed by atoms with E-state index in [2.05, 4.69) is 25.1 Å². The van der Waals surface area contributed by atoms with Gasteiger partial charge in [-0.3, -0.25) is 0 Å². The van der Waals surface area contributed by atoms with E-state index in [1.165, 1.54) is 0 Å². The van der Waals surface area contributed by atoms with Crippen molar-refractivity contribution in [3.05, 3.63) is 0 Å². The Morgan fingerprint density at radius 2 is 2.25 bits per heavy atom. The predicted molar refractivity (Wildman–Crippen MR) is 48.5 cm³/mol. The van der Waals surface area contributed by atoms with Gasteiger partial charge in [-0.15, -0.1) is 0 Å². The van der Waals surface area contributed by atoms with E-state index in [9.17, 15) is 0 Å². The maximum Gasteiger partial charge on any atom is 0.179 e. The fourth-order valence-electron chi connectivity index (χ4n) is 1.72. The van der Waals surface area contributed by atoms with Crippen LogP contribution in [0, 0.1) is 11.5 Å². The Bertz CT molecular complexity index is 173. The molecule has 0 radical (unpaired) electrons. The fourth-order valence-corrected chi connectivity index (χ4v) is 1.72. The molecule has 0 N–H and O–H groups in total. The summed E-state index contributed by atoms with van der Waals surface area (Å²) >= 11 is 0. The molecule has 3 nitrogen and oxygen atoms in total. The Morgan fingerprint density at radius 3 is 2.83 bits per heavy atom. The van der Waals surface area contributed by atoms with Gasteiger partial charge < -0.3 is 9.80 Å². The van der Waals surface area contributed by atoms with Gasteiger partial charge in [-0.1, -0.05) is 6.92 Å². The van der Waals surface area contributed by atoms with E-state index in [0.717, 1.165) is 32.5 Å². The molecule has 0 amide bonds. The highest BCUT2D eigenvalue weighted by Gasteiger charge is 2.20. The lowest BCUT2D eigenvalue weighted by Crippen LogP contribution is -2.36. The summed E-state index contributed by atoms with van der Waals surface area (Å²) in [7, 11) is 2.13. The summed E-state index contributed by atoms with van der Waals surface area (Å²) < 4.78 is 0. The molecule has 1 fully saturated rings. The highest BCUT2D eigenvalue weighted by molar-refractivity contribution is 4.85. The second-order valence-corrected chi connectivity index (χ2v) is 3.47. The zero-order valence-electron chi connectivity index (χ0n) is 7.95. The summed E-state index contributed by atoms with van der Waals surface area (Å²) in [6, 6.07) is 0.433. The van der Waals surface area contributed by atoms with Crippen LogP contribution in [0.1, 0.15) is 19.8 Å². The molecule has 0 aromatic heterocycles. The highest BCUT2D eigenvalue weighted by Crippen LogP contribution is 2.09. The van der Waals surface area contributed by atoms with Gasteiger partial charge in [0, 0.05) is 13.1 Å². The molecular weight excluding hydrogens is 150 g/mol. The van der Waals surface area contributed by atoms with Gasteiger partial charge >= 0.3 is 0 Å². The molecule has 0 aromatic rings. The van der Waals surface area contributed by atoms with Gasteiger partial charge in [0.2, 0.25) is 0 Å². The third kappa shape index (κ3) is 2.12. The van der Waals surface area contributed by atoms with E-state index in [1.54, 1.807) is 0 Å². The van der Waals surface area contributed by atoms with Crippen molar-refractivity contribution >= 4 is 0 Å². The molecule has 1 aliphatic rings. The minimum absolute atomic E-state index is 0.433. The molecule has 1 atom stereocenters. The van der Waals surface area contributed by atoms with Gasteiger partial charge in [0.1, 0.15) is 0 Å². The maximum absolute atomic E-state index is 8.86. The summed E-state index contributed by atoms with van der Waals surface area (Å²) in [4.78, 5) is 4.23. The molecule has 1 unspecified atom stereocenters. The van der Waals surface area contributed by atoms with Crippen molar-refractivity contribution in [3.63, 3.8) is 0 Å². The minimum Gasteiger partial charge on any atom is -0.306 e. The molecule has 1 heterocycles. The first kappa shape index (κ1) is 9.34.